The van der Waals surface area contributed by atoms with E-state index in [1.54, 1.807) is 0 Å². The topological polar surface area (TPSA) is 69.6 Å². The van der Waals surface area contributed by atoms with E-state index in [1.165, 1.54) is 4.90 Å². The van der Waals surface area contributed by atoms with E-state index in [4.69, 9.17) is 5.11 Å². The minimum absolute atomic E-state index is 0.0134. The van der Waals surface area contributed by atoms with Gasteiger partial charge in [0.25, 0.3) is 0 Å². The lowest BCUT2D eigenvalue weighted by Gasteiger charge is -2.32. The third-order valence-corrected chi connectivity index (χ3v) is 3.36. The van der Waals surface area contributed by atoms with Crippen LogP contribution < -0.4 is 5.32 Å². The van der Waals surface area contributed by atoms with Crippen LogP contribution in [0.4, 0.5) is 0 Å². The molecule has 0 saturated carbocycles. The lowest BCUT2D eigenvalue weighted by Crippen LogP contribution is -2.48. The van der Waals surface area contributed by atoms with Crippen LogP contribution in [-0.2, 0) is 9.59 Å². The first-order chi connectivity index (χ1) is 8.06. The van der Waals surface area contributed by atoms with Crippen molar-refractivity contribution in [1.82, 2.24) is 10.2 Å². The van der Waals surface area contributed by atoms with Gasteiger partial charge in [-0.25, -0.2) is 0 Å². The van der Waals surface area contributed by atoms with Crippen molar-refractivity contribution in [3.05, 3.63) is 0 Å². The van der Waals surface area contributed by atoms with Crippen LogP contribution in [0.5, 0.6) is 0 Å². The molecule has 0 aromatic rings. The van der Waals surface area contributed by atoms with Gasteiger partial charge in [0.1, 0.15) is 6.54 Å². The molecule has 0 aliphatic carbocycles. The molecule has 0 aromatic carbocycles. The number of carboxylic acids is 1. The minimum atomic E-state index is -0.942. The van der Waals surface area contributed by atoms with Crippen LogP contribution in [0.25, 0.3) is 0 Å². The number of hydrogen-bond acceptors (Lipinski definition) is 3. The fraction of sp³-hybridized carbons (Fsp3) is 0.833. The molecule has 0 aromatic heterocycles. The second-order valence-electron chi connectivity index (χ2n) is 4.66. The molecule has 2 atom stereocenters. The van der Waals surface area contributed by atoms with Gasteiger partial charge in [-0.05, 0) is 32.7 Å². The number of aliphatic carboxylic acids is 1. The molecule has 1 heterocycles. The van der Waals surface area contributed by atoms with Crippen LogP contribution in [0, 0.1) is 5.92 Å². The predicted molar refractivity (Wildman–Crippen MR) is 64.7 cm³/mol. The Balaban J connectivity index is 2.66. The molecule has 1 saturated heterocycles. The highest BCUT2D eigenvalue weighted by atomic mass is 16.4. The molecular weight excluding hydrogens is 220 g/mol. The Labute approximate surface area is 102 Å². The van der Waals surface area contributed by atoms with Crippen molar-refractivity contribution >= 4 is 11.9 Å². The summed E-state index contributed by atoms with van der Waals surface area (Å²) in [5, 5.41) is 12.1. The first kappa shape index (κ1) is 14.0. The van der Waals surface area contributed by atoms with Crippen molar-refractivity contribution in [3.8, 4) is 0 Å². The van der Waals surface area contributed by atoms with Crippen molar-refractivity contribution in [2.75, 3.05) is 19.6 Å². The van der Waals surface area contributed by atoms with Gasteiger partial charge in [-0.3, -0.25) is 9.59 Å². The van der Waals surface area contributed by atoms with Gasteiger partial charge < -0.3 is 15.3 Å². The quantitative estimate of drug-likeness (QED) is 0.744. The van der Waals surface area contributed by atoms with Crippen LogP contribution in [-0.4, -0.2) is 47.6 Å². The molecule has 98 valence electrons. The van der Waals surface area contributed by atoms with E-state index in [2.05, 4.69) is 5.32 Å². The maximum atomic E-state index is 12.3. The molecule has 5 nitrogen and oxygen atoms in total. The van der Waals surface area contributed by atoms with Crippen LogP contribution >= 0.6 is 0 Å². The summed E-state index contributed by atoms with van der Waals surface area (Å²) in [4.78, 5) is 24.6. The lowest BCUT2D eigenvalue weighted by molar-refractivity contribution is -0.148. The van der Waals surface area contributed by atoms with Crippen molar-refractivity contribution in [2.24, 2.45) is 5.92 Å². The Bertz CT molecular complexity index is 275. The molecule has 1 rings (SSSR count). The Morgan fingerprint density at radius 1 is 1.53 bits per heavy atom. The number of rotatable bonds is 5. The number of carboxylic acid groups (broad SMARTS) is 1. The zero-order valence-electron chi connectivity index (χ0n) is 10.6. The summed E-state index contributed by atoms with van der Waals surface area (Å²) in [6.07, 6.45) is 2.62. The molecule has 0 bridgehead atoms. The molecule has 1 fully saturated rings. The SMILES string of the molecule is CCC(C)N(CC(=O)O)C(=O)C1CCCNC1. The molecular formula is C12H22N2O3. The molecule has 2 unspecified atom stereocenters. The van der Waals surface area contributed by atoms with Crippen molar-refractivity contribution < 1.29 is 14.7 Å². The molecule has 17 heavy (non-hydrogen) atoms. The summed E-state index contributed by atoms with van der Waals surface area (Å²) in [6.45, 7) is 5.30. The number of carbonyl (C=O) groups excluding carboxylic acids is 1. The predicted octanol–water partition coefficient (Wildman–Crippen LogP) is 0.698. The number of piperidine rings is 1. The molecule has 0 radical (unpaired) electrons. The fourth-order valence-corrected chi connectivity index (χ4v) is 2.11. The standard InChI is InChI=1S/C12H22N2O3/c1-3-9(2)14(8-11(15)16)12(17)10-5-4-6-13-7-10/h9-10,13H,3-8H2,1-2H3,(H,15,16). The Morgan fingerprint density at radius 2 is 2.24 bits per heavy atom. The van der Waals surface area contributed by atoms with E-state index < -0.39 is 5.97 Å². The van der Waals surface area contributed by atoms with Gasteiger partial charge in [0.2, 0.25) is 5.91 Å². The molecule has 1 aliphatic heterocycles. The summed E-state index contributed by atoms with van der Waals surface area (Å²) >= 11 is 0. The van der Waals surface area contributed by atoms with Crippen molar-refractivity contribution in [1.29, 1.82) is 0 Å². The van der Waals surface area contributed by atoms with Crippen LogP contribution in [0.15, 0.2) is 0 Å². The Morgan fingerprint density at radius 3 is 2.71 bits per heavy atom. The smallest absolute Gasteiger partial charge is 0.323 e. The monoisotopic (exact) mass is 242 g/mol. The Kier molecular flexibility index (Phi) is 5.41. The number of nitrogens with zero attached hydrogens (tertiary/aromatic N) is 1. The summed E-state index contributed by atoms with van der Waals surface area (Å²) in [7, 11) is 0. The third kappa shape index (κ3) is 4.00. The third-order valence-electron chi connectivity index (χ3n) is 3.36. The molecule has 1 aliphatic rings. The van der Waals surface area contributed by atoms with E-state index in [1.807, 2.05) is 13.8 Å². The average molecular weight is 242 g/mol. The number of amides is 1. The lowest BCUT2D eigenvalue weighted by atomic mass is 9.97. The zero-order valence-corrected chi connectivity index (χ0v) is 10.6. The highest BCUT2D eigenvalue weighted by molar-refractivity contribution is 5.83. The summed E-state index contributed by atoms with van der Waals surface area (Å²) in [6, 6.07) is -0.0134. The van der Waals surface area contributed by atoms with Gasteiger partial charge in [-0.2, -0.15) is 0 Å². The van der Waals surface area contributed by atoms with Gasteiger partial charge in [0.15, 0.2) is 0 Å². The highest BCUT2D eigenvalue weighted by Gasteiger charge is 2.29. The van der Waals surface area contributed by atoms with E-state index >= 15 is 0 Å². The normalized spacial score (nSPS) is 21.9. The zero-order chi connectivity index (χ0) is 12.8. The van der Waals surface area contributed by atoms with Gasteiger partial charge in [-0.15, -0.1) is 0 Å². The first-order valence-corrected chi connectivity index (χ1v) is 6.29. The maximum absolute atomic E-state index is 12.3. The maximum Gasteiger partial charge on any atom is 0.323 e. The average Bonchev–Trinajstić information content (AvgIpc) is 2.35. The first-order valence-electron chi connectivity index (χ1n) is 6.29. The van der Waals surface area contributed by atoms with Crippen LogP contribution in [0.1, 0.15) is 33.1 Å². The summed E-state index contributed by atoms with van der Waals surface area (Å²) in [5.74, 6) is -1.02. The number of carbonyl (C=O) groups is 2. The molecule has 5 heteroatoms. The number of nitrogens with one attached hydrogen (secondary N) is 1. The van der Waals surface area contributed by atoms with E-state index in [-0.39, 0.29) is 24.4 Å². The van der Waals surface area contributed by atoms with Gasteiger partial charge in [-0.1, -0.05) is 6.92 Å². The summed E-state index contributed by atoms with van der Waals surface area (Å²) in [5.41, 5.74) is 0. The van der Waals surface area contributed by atoms with E-state index in [0.717, 1.165) is 25.8 Å². The second-order valence-corrected chi connectivity index (χ2v) is 4.66. The highest BCUT2D eigenvalue weighted by Crippen LogP contribution is 2.16. The van der Waals surface area contributed by atoms with Gasteiger partial charge >= 0.3 is 5.97 Å². The molecule has 1 amide bonds. The fourth-order valence-electron chi connectivity index (χ4n) is 2.11. The van der Waals surface area contributed by atoms with Gasteiger partial charge in [0.05, 0.1) is 5.92 Å². The molecule has 0 spiro atoms. The minimum Gasteiger partial charge on any atom is -0.480 e. The summed E-state index contributed by atoms with van der Waals surface area (Å²) < 4.78 is 0. The van der Waals surface area contributed by atoms with E-state index in [0.29, 0.717) is 6.54 Å². The van der Waals surface area contributed by atoms with Crippen LogP contribution in [0.2, 0.25) is 0 Å². The van der Waals surface area contributed by atoms with Crippen molar-refractivity contribution in [2.45, 2.75) is 39.2 Å². The molecule has 2 N–H and O–H groups in total. The second kappa shape index (κ2) is 6.59. The number of hydrogen-bond donors (Lipinski definition) is 2. The van der Waals surface area contributed by atoms with E-state index in [9.17, 15) is 9.59 Å². The van der Waals surface area contributed by atoms with Crippen LogP contribution in [0.3, 0.4) is 0 Å². The largest absolute Gasteiger partial charge is 0.480 e. The Hall–Kier alpha value is -1.10. The van der Waals surface area contributed by atoms with Gasteiger partial charge in [0, 0.05) is 12.6 Å². The van der Waals surface area contributed by atoms with Crippen molar-refractivity contribution in [3.63, 3.8) is 0 Å².